The normalized spacial score (nSPS) is 12.1. The van der Waals surface area contributed by atoms with Gasteiger partial charge in [0.1, 0.15) is 0 Å². The van der Waals surface area contributed by atoms with Crippen molar-refractivity contribution in [3.63, 3.8) is 0 Å². The van der Waals surface area contributed by atoms with Crippen molar-refractivity contribution in [1.82, 2.24) is 9.66 Å². The van der Waals surface area contributed by atoms with Crippen LogP contribution in [0.5, 0.6) is 0 Å². The van der Waals surface area contributed by atoms with Gasteiger partial charge in [0.25, 0.3) is 0 Å². The second-order valence-electron chi connectivity index (χ2n) is 8.64. The number of fused-ring (bicyclic) bond motifs is 1. The van der Waals surface area contributed by atoms with Gasteiger partial charge in [0.15, 0.2) is 0 Å². The van der Waals surface area contributed by atoms with Gasteiger partial charge in [-0.3, -0.25) is 4.99 Å². The van der Waals surface area contributed by atoms with Crippen LogP contribution in [0.25, 0.3) is 33.3 Å². The topological polar surface area (TPSA) is 45.4 Å². The van der Waals surface area contributed by atoms with E-state index < -0.39 is 0 Å². The van der Waals surface area contributed by atoms with Gasteiger partial charge in [0.2, 0.25) is 4.80 Å². The molecule has 0 amide bonds. The van der Waals surface area contributed by atoms with Crippen molar-refractivity contribution in [3.05, 3.63) is 135 Å². The Kier molecular flexibility index (Phi) is 6.67. The molecule has 37 heavy (non-hydrogen) atoms. The quantitative estimate of drug-likeness (QED) is 0.199. The van der Waals surface area contributed by atoms with Crippen molar-refractivity contribution in [3.8, 4) is 22.4 Å². The number of H-pyrrole nitrogens is 1. The fourth-order valence-electron chi connectivity index (χ4n) is 4.27. The van der Waals surface area contributed by atoms with Gasteiger partial charge in [-0.05, 0) is 34.9 Å². The zero-order chi connectivity index (χ0) is 25.0. The van der Waals surface area contributed by atoms with E-state index in [1.807, 2.05) is 47.4 Å². The average molecular weight is 564 g/mol. The van der Waals surface area contributed by atoms with Crippen LogP contribution in [-0.4, -0.2) is 15.9 Å². The van der Waals surface area contributed by atoms with Gasteiger partial charge < -0.3 is 4.98 Å². The molecule has 2 aromatic heterocycles. The Morgan fingerprint density at radius 3 is 2.30 bits per heavy atom. The molecular weight excluding hydrogens is 540 g/mol. The van der Waals surface area contributed by atoms with Gasteiger partial charge >= 0.3 is 0 Å². The molecule has 0 saturated heterocycles. The monoisotopic (exact) mass is 562 g/mol. The van der Waals surface area contributed by atoms with Gasteiger partial charge in [0.05, 0.1) is 18.5 Å². The number of halogens is 1. The summed E-state index contributed by atoms with van der Waals surface area (Å²) in [5.74, 6) is 0. The third-order valence-corrected chi connectivity index (χ3v) is 7.55. The SMILES string of the molecule is Brc1ccc2[nH]cc(C=Nn3c(-c4ccc(-c5ccccc5)cc4)csc3=NCc3ccccc3)c2c1. The lowest BCUT2D eigenvalue weighted by Crippen LogP contribution is -2.12. The fourth-order valence-corrected chi connectivity index (χ4v) is 5.46. The Morgan fingerprint density at radius 1 is 0.811 bits per heavy atom. The van der Waals surface area contributed by atoms with E-state index in [2.05, 4.69) is 99.1 Å². The summed E-state index contributed by atoms with van der Waals surface area (Å²) in [5.41, 5.74) is 7.76. The van der Waals surface area contributed by atoms with Gasteiger partial charge in [-0.15, -0.1) is 11.3 Å². The van der Waals surface area contributed by atoms with Gasteiger partial charge in [-0.25, -0.2) is 4.68 Å². The lowest BCUT2D eigenvalue weighted by atomic mass is 10.0. The second-order valence-corrected chi connectivity index (χ2v) is 10.4. The van der Waals surface area contributed by atoms with Crippen LogP contribution in [0, 0.1) is 0 Å². The smallest absolute Gasteiger partial charge is 0.206 e. The van der Waals surface area contributed by atoms with E-state index in [0.29, 0.717) is 6.54 Å². The third kappa shape index (κ3) is 5.12. The van der Waals surface area contributed by atoms with Crippen LogP contribution in [0.1, 0.15) is 11.1 Å². The molecule has 0 aliphatic heterocycles. The number of hydrogen-bond donors (Lipinski definition) is 1. The van der Waals surface area contributed by atoms with E-state index in [-0.39, 0.29) is 0 Å². The van der Waals surface area contributed by atoms with Crippen LogP contribution in [0.4, 0.5) is 0 Å². The lowest BCUT2D eigenvalue weighted by Gasteiger charge is -2.06. The molecule has 0 radical (unpaired) electrons. The maximum Gasteiger partial charge on any atom is 0.206 e. The highest BCUT2D eigenvalue weighted by Gasteiger charge is 2.09. The minimum Gasteiger partial charge on any atom is -0.361 e. The van der Waals surface area contributed by atoms with Gasteiger partial charge in [-0.2, -0.15) is 5.10 Å². The molecule has 2 heterocycles. The Morgan fingerprint density at radius 2 is 1.51 bits per heavy atom. The molecule has 0 spiro atoms. The van der Waals surface area contributed by atoms with E-state index in [4.69, 9.17) is 10.1 Å². The number of nitrogens with zero attached hydrogens (tertiary/aromatic N) is 3. The van der Waals surface area contributed by atoms with Crippen LogP contribution >= 0.6 is 27.3 Å². The largest absolute Gasteiger partial charge is 0.361 e. The maximum atomic E-state index is 4.93. The van der Waals surface area contributed by atoms with Crippen molar-refractivity contribution < 1.29 is 0 Å². The standard InChI is InChI=1S/C31H23BrN4S/c32-27-15-16-29-28(17-27)26(19-33-29)20-35-36-30(21-37-31(36)34-18-22-7-3-1-4-8-22)25-13-11-24(12-14-25)23-9-5-2-6-10-23/h1-17,19-21,33H,18H2. The van der Waals surface area contributed by atoms with Crippen molar-refractivity contribution >= 4 is 44.4 Å². The van der Waals surface area contributed by atoms with Crippen molar-refractivity contribution in [1.29, 1.82) is 0 Å². The number of nitrogens with one attached hydrogen (secondary N) is 1. The molecule has 6 heteroatoms. The third-order valence-electron chi connectivity index (χ3n) is 6.20. The molecule has 6 rings (SSSR count). The highest BCUT2D eigenvalue weighted by molar-refractivity contribution is 9.10. The molecule has 4 nitrogen and oxygen atoms in total. The molecule has 4 aromatic carbocycles. The zero-order valence-electron chi connectivity index (χ0n) is 19.9. The van der Waals surface area contributed by atoms with E-state index >= 15 is 0 Å². The molecule has 0 saturated carbocycles. The predicted octanol–water partition coefficient (Wildman–Crippen LogP) is 8.11. The minimum atomic E-state index is 0.600. The number of aromatic amines is 1. The van der Waals surface area contributed by atoms with Crippen molar-refractivity contribution in [2.45, 2.75) is 6.54 Å². The summed E-state index contributed by atoms with van der Waals surface area (Å²) in [6.45, 7) is 0.600. The summed E-state index contributed by atoms with van der Waals surface area (Å²) in [6, 6.07) is 35.6. The van der Waals surface area contributed by atoms with Crippen LogP contribution in [0.15, 0.2) is 129 Å². The zero-order valence-corrected chi connectivity index (χ0v) is 22.3. The number of rotatable bonds is 6. The predicted molar refractivity (Wildman–Crippen MR) is 158 cm³/mol. The molecule has 0 bridgehead atoms. The average Bonchev–Trinajstić information content (AvgIpc) is 3.55. The molecule has 1 N–H and O–H groups in total. The maximum absolute atomic E-state index is 4.93. The van der Waals surface area contributed by atoms with Gasteiger partial charge in [-0.1, -0.05) is 101 Å². The second kappa shape index (κ2) is 10.5. The molecule has 0 fully saturated rings. The highest BCUT2D eigenvalue weighted by Crippen LogP contribution is 2.26. The molecule has 0 aliphatic carbocycles. The number of hydrogen-bond acceptors (Lipinski definition) is 3. The van der Waals surface area contributed by atoms with E-state index in [1.165, 1.54) is 16.7 Å². The first-order valence-corrected chi connectivity index (χ1v) is 13.6. The lowest BCUT2D eigenvalue weighted by molar-refractivity contribution is 0.824. The summed E-state index contributed by atoms with van der Waals surface area (Å²) in [7, 11) is 0. The first kappa shape index (κ1) is 23.4. The molecule has 0 unspecified atom stereocenters. The molecule has 6 aromatic rings. The number of aromatic nitrogens is 2. The van der Waals surface area contributed by atoms with Crippen LogP contribution in [-0.2, 0) is 6.54 Å². The van der Waals surface area contributed by atoms with Crippen LogP contribution in [0.2, 0.25) is 0 Å². The first-order valence-electron chi connectivity index (χ1n) is 12.0. The Balaban J connectivity index is 1.41. The number of thiazole rings is 1. The van der Waals surface area contributed by atoms with Crippen LogP contribution in [0.3, 0.4) is 0 Å². The highest BCUT2D eigenvalue weighted by atomic mass is 79.9. The van der Waals surface area contributed by atoms with E-state index in [9.17, 15) is 0 Å². The summed E-state index contributed by atoms with van der Waals surface area (Å²) in [5, 5.41) is 8.18. The summed E-state index contributed by atoms with van der Waals surface area (Å²) >= 11 is 5.18. The summed E-state index contributed by atoms with van der Waals surface area (Å²) < 4.78 is 2.98. The summed E-state index contributed by atoms with van der Waals surface area (Å²) in [4.78, 5) is 9.10. The van der Waals surface area contributed by atoms with E-state index in [1.54, 1.807) is 11.3 Å². The minimum absolute atomic E-state index is 0.600. The number of benzene rings is 4. The summed E-state index contributed by atoms with van der Waals surface area (Å²) in [6.07, 6.45) is 3.89. The first-order chi connectivity index (χ1) is 18.2. The van der Waals surface area contributed by atoms with E-state index in [0.717, 1.165) is 37.0 Å². The molecule has 180 valence electrons. The van der Waals surface area contributed by atoms with Crippen LogP contribution < -0.4 is 4.80 Å². The molecular formula is C31H23BrN4S. The Hall–Kier alpha value is -4.00. The van der Waals surface area contributed by atoms with Gasteiger partial charge in [0, 0.05) is 38.1 Å². The fraction of sp³-hybridized carbons (Fsp3) is 0.0323. The van der Waals surface area contributed by atoms with Crippen molar-refractivity contribution in [2.75, 3.05) is 0 Å². The Labute approximate surface area is 227 Å². The van der Waals surface area contributed by atoms with Crippen molar-refractivity contribution in [2.24, 2.45) is 10.1 Å². The molecule has 0 aliphatic rings. The Bertz CT molecular complexity index is 1740. The molecule has 0 atom stereocenters.